The standard InChI is InChI=1S/C21H26N2O/c1-14-11-15(2)20-18(9-4-5-10-22)21(23-19(20)12-14)16-7-6-8-17(13-16)24-3/h6-8,11-13,23H,4-5,9-10,22H2,1-3H3. The number of aromatic nitrogens is 1. The third kappa shape index (κ3) is 3.17. The van der Waals surface area contributed by atoms with Crippen molar-refractivity contribution < 1.29 is 4.74 Å². The van der Waals surface area contributed by atoms with E-state index in [0.29, 0.717) is 0 Å². The average molecular weight is 322 g/mol. The molecule has 0 atom stereocenters. The molecule has 0 radical (unpaired) electrons. The van der Waals surface area contributed by atoms with Gasteiger partial charge in [0.1, 0.15) is 5.75 Å². The molecule has 0 aliphatic carbocycles. The normalized spacial score (nSPS) is 11.2. The van der Waals surface area contributed by atoms with Crippen LogP contribution in [0.3, 0.4) is 0 Å². The monoisotopic (exact) mass is 322 g/mol. The zero-order valence-electron chi connectivity index (χ0n) is 14.8. The largest absolute Gasteiger partial charge is 0.497 e. The first kappa shape index (κ1) is 16.6. The van der Waals surface area contributed by atoms with Crippen molar-refractivity contribution in [3.8, 4) is 17.0 Å². The Labute approximate surface area is 143 Å². The number of fused-ring (bicyclic) bond motifs is 1. The number of rotatable bonds is 6. The summed E-state index contributed by atoms with van der Waals surface area (Å²) in [4.78, 5) is 3.65. The summed E-state index contributed by atoms with van der Waals surface area (Å²) in [5, 5.41) is 1.36. The molecule has 0 unspecified atom stereocenters. The molecule has 0 aliphatic heterocycles. The molecule has 3 rings (SSSR count). The van der Waals surface area contributed by atoms with Crippen LogP contribution in [0.25, 0.3) is 22.2 Å². The van der Waals surface area contributed by atoms with Gasteiger partial charge in [0.05, 0.1) is 7.11 Å². The van der Waals surface area contributed by atoms with Crippen LogP contribution in [0.15, 0.2) is 36.4 Å². The summed E-state index contributed by atoms with van der Waals surface area (Å²) in [6, 6.07) is 12.8. The first-order valence-corrected chi connectivity index (χ1v) is 8.60. The Morgan fingerprint density at radius 3 is 2.67 bits per heavy atom. The third-order valence-electron chi connectivity index (χ3n) is 4.58. The summed E-state index contributed by atoms with van der Waals surface area (Å²) in [7, 11) is 1.71. The van der Waals surface area contributed by atoms with Crippen LogP contribution in [-0.4, -0.2) is 18.6 Å². The van der Waals surface area contributed by atoms with Gasteiger partial charge in [-0.25, -0.2) is 0 Å². The number of aromatic amines is 1. The maximum atomic E-state index is 5.69. The highest BCUT2D eigenvalue weighted by Gasteiger charge is 2.15. The fourth-order valence-electron chi connectivity index (χ4n) is 3.52. The molecule has 1 aromatic heterocycles. The summed E-state index contributed by atoms with van der Waals surface area (Å²) in [6.45, 7) is 5.09. The summed E-state index contributed by atoms with van der Waals surface area (Å²) in [5.74, 6) is 0.881. The molecular weight excluding hydrogens is 296 g/mol. The second kappa shape index (κ2) is 7.10. The van der Waals surface area contributed by atoms with Gasteiger partial charge in [-0.1, -0.05) is 18.2 Å². The van der Waals surface area contributed by atoms with E-state index in [0.717, 1.165) is 31.6 Å². The van der Waals surface area contributed by atoms with Gasteiger partial charge < -0.3 is 15.5 Å². The Balaban J connectivity index is 2.17. The number of H-pyrrole nitrogens is 1. The molecule has 24 heavy (non-hydrogen) atoms. The van der Waals surface area contributed by atoms with Gasteiger partial charge in [0, 0.05) is 22.2 Å². The lowest BCUT2D eigenvalue weighted by Gasteiger charge is -2.08. The topological polar surface area (TPSA) is 51.0 Å². The quantitative estimate of drug-likeness (QED) is 0.644. The number of unbranched alkanes of at least 4 members (excludes halogenated alkanes) is 1. The van der Waals surface area contributed by atoms with Crippen molar-refractivity contribution in [3.63, 3.8) is 0 Å². The number of ether oxygens (including phenoxy) is 1. The zero-order chi connectivity index (χ0) is 17.1. The first-order valence-electron chi connectivity index (χ1n) is 8.60. The molecule has 0 aliphatic rings. The number of hydrogen-bond acceptors (Lipinski definition) is 2. The molecule has 3 nitrogen and oxygen atoms in total. The van der Waals surface area contributed by atoms with Crippen molar-refractivity contribution in [2.24, 2.45) is 5.73 Å². The lowest BCUT2D eigenvalue weighted by molar-refractivity contribution is 0.415. The van der Waals surface area contributed by atoms with E-state index >= 15 is 0 Å². The van der Waals surface area contributed by atoms with Crippen LogP contribution in [-0.2, 0) is 6.42 Å². The molecule has 0 bridgehead atoms. The number of nitrogens with two attached hydrogens (primary N) is 1. The predicted octanol–water partition coefficient (Wildman–Crippen LogP) is 4.74. The molecule has 1 heterocycles. The van der Waals surface area contributed by atoms with Gasteiger partial charge in [-0.05, 0) is 74.5 Å². The molecule has 0 saturated carbocycles. The number of benzene rings is 2. The Morgan fingerprint density at radius 1 is 1.08 bits per heavy atom. The van der Waals surface area contributed by atoms with E-state index in [-0.39, 0.29) is 0 Å². The fraction of sp³-hybridized carbons (Fsp3) is 0.333. The number of methoxy groups -OCH3 is 1. The molecular formula is C21H26N2O. The molecule has 126 valence electrons. The first-order chi connectivity index (χ1) is 11.6. The van der Waals surface area contributed by atoms with Crippen LogP contribution in [0.5, 0.6) is 5.75 Å². The number of nitrogens with one attached hydrogen (secondary N) is 1. The molecule has 0 saturated heterocycles. The fourth-order valence-corrected chi connectivity index (χ4v) is 3.52. The van der Waals surface area contributed by atoms with E-state index in [1.807, 2.05) is 12.1 Å². The van der Waals surface area contributed by atoms with Crippen LogP contribution >= 0.6 is 0 Å². The lowest BCUT2D eigenvalue weighted by atomic mass is 9.97. The van der Waals surface area contributed by atoms with Crippen LogP contribution in [0.1, 0.15) is 29.5 Å². The van der Waals surface area contributed by atoms with Crippen LogP contribution < -0.4 is 10.5 Å². The van der Waals surface area contributed by atoms with Crippen LogP contribution in [0, 0.1) is 13.8 Å². The Bertz CT molecular complexity index is 848. The van der Waals surface area contributed by atoms with Gasteiger partial charge in [-0.15, -0.1) is 0 Å². The lowest BCUT2D eigenvalue weighted by Crippen LogP contribution is -1.99. The van der Waals surface area contributed by atoms with Gasteiger partial charge in [-0.2, -0.15) is 0 Å². The molecule has 0 fully saturated rings. The van der Waals surface area contributed by atoms with Gasteiger partial charge in [0.25, 0.3) is 0 Å². The van der Waals surface area contributed by atoms with E-state index in [1.165, 1.54) is 38.9 Å². The minimum Gasteiger partial charge on any atom is -0.497 e. The highest BCUT2D eigenvalue weighted by atomic mass is 16.5. The zero-order valence-corrected chi connectivity index (χ0v) is 14.8. The van der Waals surface area contributed by atoms with E-state index in [9.17, 15) is 0 Å². The van der Waals surface area contributed by atoms with Gasteiger partial charge in [0.2, 0.25) is 0 Å². The molecule has 0 spiro atoms. The van der Waals surface area contributed by atoms with E-state index < -0.39 is 0 Å². The summed E-state index contributed by atoms with van der Waals surface area (Å²) in [5.41, 5.74) is 13.3. The number of hydrogen-bond donors (Lipinski definition) is 2. The summed E-state index contributed by atoms with van der Waals surface area (Å²) < 4.78 is 5.40. The molecule has 0 amide bonds. The van der Waals surface area contributed by atoms with Crippen molar-refractivity contribution >= 4 is 10.9 Å². The smallest absolute Gasteiger partial charge is 0.119 e. The van der Waals surface area contributed by atoms with Crippen molar-refractivity contribution in [2.75, 3.05) is 13.7 Å². The van der Waals surface area contributed by atoms with Crippen LogP contribution in [0.4, 0.5) is 0 Å². The van der Waals surface area contributed by atoms with Crippen LogP contribution in [0.2, 0.25) is 0 Å². The van der Waals surface area contributed by atoms with E-state index in [4.69, 9.17) is 10.5 Å². The van der Waals surface area contributed by atoms with E-state index in [2.05, 4.69) is 43.1 Å². The highest BCUT2D eigenvalue weighted by Crippen LogP contribution is 2.35. The van der Waals surface area contributed by atoms with Crippen molar-refractivity contribution in [2.45, 2.75) is 33.1 Å². The Kier molecular flexibility index (Phi) is 4.91. The summed E-state index contributed by atoms with van der Waals surface area (Å²) in [6.07, 6.45) is 3.19. The second-order valence-corrected chi connectivity index (χ2v) is 6.46. The van der Waals surface area contributed by atoms with Crippen molar-refractivity contribution in [1.29, 1.82) is 0 Å². The minimum absolute atomic E-state index is 0.745. The Hall–Kier alpha value is -2.26. The van der Waals surface area contributed by atoms with Gasteiger partial charge >= 0.3 is 0 Å². The molecule has 3 N–H and O–H groups in total. The SMILES string of the molecule is COc1cccc(-c2[nH]c3cc(C)cc(C)c3c2CCCCN)c1. The minimum atomic E-state index is 0.745. The Morgan fingerprint density at radius 2 is 1.92 bits per heavy atom. The van der Waals surface area contributed by atoms with Gasteiger partial charge in [0.15, 0.2) is 0 Å². The maximum absolute atomic E-state index is 5.69. The van der Waals surface area contributed by atoms with E-state index in [1.54, 1.807) is 7.11 Å². The number of aryl methyl sites for hydroxylation is 3. The van der Waals surface area contributed by atoms with Crippen molar-refractivity contribution in [1.82, 2.24) is 4.98 Å². The third-order valence-corrected chi connectivity index (χ3v) is 4.58. The highest BCUT2D eigenvalue weighted by molar-refractivity contribution is 5.93. The maximum Gasteiger partial charge on any atom is 0.119 e. The molecule has 2 aromatic carbocycles. The molecule has 3 aromatic rings. The molecule has 3 heteroatoms. The second-order valence-electron chi connectivity index (χ2n) is 6.46. The van der Waals surface area contributed by atoms with Crippen molar-refractivity contribution in [3.05, 3.63) is 53.1 Å². The average Bonchev–Trinajstić information content (AvgIpc) is 2.94. The van der Waals surface area contributed by atoms with Gasteiger partial charge in [-0.3, -0.25) is 0 Å². The summed E-state index contributed by atoms with van der Waals surface area (Å²) >= 11 is 0. The predicted molar refractivity (Wildman–Crippen MR) is 102 cm³/mol.